The van der Waals surface area contributed by atoms with Crippen LogP contribution in [0.1, 0.15) is 48.5 Å². The van der Waals surface area contributed by atoms with Crippen LogP contribution >= 0.6 is 0 Å². The van der Waals surface area contributed by atoms with E-state index in [0.717, 1.165) is 64.3 Å². The molecule has 1 N–H and O–H groups in total. The van der Waals surface area contributed by atoms with Crippen LogP contribution in [-0.2, 0) is 11.3 Å². The van der Waals surface area contributed by atoms with Crippen molar-refractivity contribution < 1.29 is 13.5 Å². The number of benzene rings is 1. The minimum Gasteiger partial charge on any atom is -0.379 e. The van der Waals surface area contributed by atoms with Crippen LogP contribution in [0.25, 0.3) is 0 Å². The molecule has 28 heavy (non-hydrogen) atoms. The Morgan fingerprint density at radius 1 is 1.21 bits per heavy atom. The Morgan fingerprint density at radius 3 is 2.82 bits per heavy atom. The molecule has 2 fully saturated rings. The van der Waals surface area contributed by atoms with Crippen LogP contribution in [0.2, 0.25) is 0 Å². The predicted octanol–water partition coefficient (Wildman–Crippen LogP) is 3.46. The van der Waals surface area contributed by atoms with Gasteiger partial charge in [0.15, 0.2) is 11.6 Å². The molecule has 2 unspecified atom stereocenters. The smallest absolute Gasteiger partial charge is 0.159 e. The Labute approximate surface area is 164 Å². The van der Waals surface area contributed by atoms with Gasteiger partial charge in [0.25, 0.3) is 0 Å². The Kier molecular flexibility index (Phi) is 6.04. The number of likely N-dealkylation sites (tertiary alicyclic amines) is 1. The van der Waals surface area contributed by atoms with Gasteiger partial charge < -0.3 is 4.74 Å². The lowest BCUT2D eigenvalue weighted by atomic mass is 9.90. The molecule has 7 heteroatoms. The zero-order valence-electron chi connectivity index (χ0n) is 16.3. The molecule has 5 nitrogen and oxygen atoms in total. The van der Waals surface area contributed by atoms with Gasteiger partial charge >= 0.3 is 0 Å². The van der Waals surface area contributed by atoms with Gasteiger partial charge in [-0.3, -0.25) is 14.9 Å². The normalized spacial score (nSPS) is 23.0. The van der Waals surface area contributed by atoms with E-state index >= 15 is 0 Å². The minimum atomic E-state index is -0.794. The van der Waals surface area contributed by atoms with Crippen molar-refractivity contribution in [2.45, 2.75) is 38.3 Å². The third-order valence-corrected chi connectivity index (χ3v) is 6.08. The number of hydrogen-bond acceptors (Lipinski definition) is 4. The molecular formula is C21H28F2N4O. The maximum absolute atomic E-state index is 13.7. The lowest BCUT2D eigenvalue weighted by molar-refractivity contribution is 0.0339. The van der Waals surface area contributed by atoms with Gasteiger partial charge in [-0.1, -0.05) is 6.07 Å². The molecule has 4 rings (SSSR count). The summed E-state index contributed by atoms with van der Waals surface area (Å²) in [7, 11) is 0. The summed E-state index contributed by atoms with van der Waals surface area (Å²) in [5.74, 6) is -1.20. The first-order chi connectivity index (χ1) is 13.6. The van der Waals surface area contributed by atoms with Crippen molar-refractivity contribution in [3.63, 3.8) is 0 Å². The zero-order valence-corrected chi connectivity index (χ0v) is 16.3. The highest BCUT2D eigenvalue weighted by atomic mass is 19.2. The van der Waals surface area contributed by atoms with Crippen LogP contribution in [0, 0.1) is 11.6 Å². The average molecular weight is 390 g/mol. The number of morpholine rings is 1. The van der Waals surface area contributed by atoms with Crippen LogP contribution in [0.5, 0.6) is 0 Å². The van der Waals surface area contributed by atoms with E-state index < -0.39 is 11.6 Å². The molecular weight excluding hydrogens is 362 g/mol. The predicted molar refractivity (Wildman–Crippen MR) is 103 cm³/mol. The van der Waals surface area contributed by atoms with Gasteiger partial charge in [0, 0.05) is 49.4 Å². The van der Waals surface area contributed by atoms with Gasteiger partial charge in [0.1, 0.15) is 0 Å². The van der Waals surface area contributed by atoms with E-state index in [1.807, 2.05) is 6.20 Å². The molecule has 0 aliphatic carbocycles. The fourth-order valence-corrected chi connectivity index (χ4v) is 4.38. The zero-order chi connectivity index (χ0) is 19.5. The van der Waals surface area contributed by atoms with Crippen molar-refractivity contribution >= 4 is 0 Å². The number of piperidine rings is 1. The summed E-state index contributed by atoms with van der Waals surface area (Å²) < 4.78 is 32.4. The maximum Gasteiger partial charge on any atom is 0.159 e. The van der Waals surface area contributed by atoms with Crippen LogP contribution in [0.15, 0.2) is 24.4 Å². The van der Waals surface area contributed by atoms with Crippen molar-refractivity contribution in [2.24, 2.45) is 0 Å². The number of rotatable bonds is 5. The van der Waals surface area contributed by atoms with Crippen molar-refractivity contribution in [3.8, 4) is 0 Å². The Bertz CT molecular complexity index is 790. The fourth-order valence-electron chi connectivity index (χ4n) is 4.38. The van der Waals surface area contributed by atoms with E-state index in [0.29, 0.717) is 5.92 Å². The highest BCUT2D eigenvalue weighted by molar-refractivity contribution is 5.24. The third-order valence-electron chi connectivity index (χ3n) is 6.08. The lowest BCUT2D eigenvalue weighted by Crippen LogP contribution is -2.38. The van der Waals surface area contributed by atoms with Gasteiger partial charge in [-0.2, -0.15) is 5.10 Å². The molecule has 152 valence electrons. The highest BCUT2D eigenvalue weighted by Gasteiger charge is 2.28. The second-order valence-corrected chi connectivity index (χ2v) is 7.88. The number of H-pyrrole nitrogens is 1. The Morgan fingerprint density at radius 2 is 2.04 bits per heavy atom. The molecule has 0 radical (unpaired) electrons. The molecule has 3 heterocycles. The number of nitrogens with one attached hydrogen (secondary N) is 1. The number of ether oxygens (including phenoxy) is 1. The van der Waals surface area contributed by atoms with Crippen LogP contribution in [-0.4, -0.2) is 59.4 Å². The van der Waals surface area contributed by atoms with Gasteiger partial charge in [-0.05, 0) is 44.0 Å². The van der Waals surface area contributed by atoms with Gasteiger partial charge in [-0.15, -0.1) is 0 Å². The van der Waals surface area contributed by atoms with E-state index in [4.69, 9.17) is 4.74 Å². The molecule has 2 aromatic rings. The summed E-state index contributed by atoms with van der Waals surface area (Å²) in [5, 5.41) is 7.56. The maximum atomic E-state index is 13.7. The second-order valence-electron chi connectivity index (χ2n) is 7.88. The first kappa shape index (κ1) is 19.5. The van der Waals surface area contributed by atoms with E-state index in [1.54, 1.807) is 6.07 Å². The highest BCUT2D eigenvalue weighted by Crippen LogP contribution is 2.33. The van der Waals surface area contributed by atoms with Crippen LogP contribution in [0.4, 0.5) is 8.78 Å². The van der Waals surface area contributed by atoms with Crippen molar-refractivity contribution in [3.05, 3.63) is 52.9 Å². The van der Waals surface area contributed by atoms with Gasteiger partial charge in [0.05, 0.1) is 19.4 Å². The molecule has 2 saturated heterocycles. The lowest BCUT2D eigenvalue weighted by Gasteiger charge is -2.37. The number of hydrogen-bond donors (Lipinski definition) is 1. The van der Waals surface area contributed by atoms with E-state index in [1.165, 1.54) is 23.4 Å². The first-order valence-electron chi connectivity index (χ1n) is 10.1. The van der Waals surface area contributed by atoms with Gasteiger partial charge in [0.2, 0.25) is 0 Å². The molecule has 1 aromatic heterocycles. The monoisotopic (exact) mass is 390 g/mol. The van der Waals surface area contributed by atoms with Crippen molar-refractivity contribution in [1.82, 2.24) is 20.0 Å². The van der Waals surface area contributed by atoms with Crippen LogP contribution < -0.4 is 0 Å². The molecule has 0 spiro atoms. The first-order valence-corrected chi connectivity index (χ1v) is 10.1. The number of aromatic amines is 1. The summed E-state index contributed by atoms with van der Waals surface area (Å²) in [6.45, 7) is 8.29. The number of halogens is 2. The molecule has 0 amide bonds. The quantitative estimate of drug-likeness (QED) is 0.849. The van der Waals surface area contributed by atoms with E-state index in [9.17, 15) is 8.78 Å². The molecule has 0 saturated carbocycles. The van der Waals surface area contributed by atoms with E-state index in [-0.39, 0.29) is 6.04 Å². The SMILES string of the molecule is CC(c1ccc(F)c(F)c1)N1CCCC(c2[nH]ncc2CN2CCOCC2)C1. The Balaban J connectivity index is 1.45. The van der Waals surface area contributed by atoms with E-state index in [2.05, 4.69) is 26.9 Å². The molecule has 2 aliphatic heterocycles. The Hall–Kier alpha value is -1.83. The fraction of sp³-hybridized carbons (Fsp3) is 0.571. The van der Waals surface area contributed by atoms with Crippen molar-refractivity contribution in [1.29, 1.82) is 0 Å². The summed E-state index contributed by atoms with van der Waals surface area (Å²) in [6.07, 6.45) is 4.14. The van der Waals surface area contributed by atoms with Crippen LogP contribution in [0.3, 0.4) is 0 Å². The number of aromatic nitrogens is 2. The minimum absolute atomic E-state index is 0.0449. The van der Waals surface area contributed by atoms with Crippen molar-refractivity contribution in [2.75, 3.05) is 39.4 Å². The summed E-state index contributed by atoms with van der Waals surface area (Å²) in [5.41, 5.74) is 3.29. The van der Waals surface area contributed by atoms with Gasteiger partial charge in [-0.25, -0.2) is 8.78 Å². The molecule has 2 aliphatic rings. The molecule has 0 bridgehead atoms. The summed E-state index contributed by atoms with van der Waals surface area (Å²) >= 11 is 0. The third kappa shape index (κ3) is 4.26. The molecule has 2 atom stereocenters. The number of nitrogens with zero attached hydrogens (tertiary/aromatic N) is 3. The topological polar surface area (TPSA) is 44.4 Å². The average Bonchev–Trinajstić information content (AvgIpc) is 3.18. The summed E-state index contributed by atoms with van der Waals surface area (Å²) in [6, 6.07) is 4.28. The standard InChI is InChI=1S/C21H28F2N4O/c1-15(16-4-5-19(22)20(23)11-16)27-6-2-3-17(14-27)21-18(12-24-25-21)13-26-7-9-28-10-8-26/h4-5,11-12,15,17H,2-3,6-10,13-14H2,1H3,(H,24,25). The molecule has 1 aromatic carbocycles. The second kappa shape index (κ2) is 8.68. The largest absolute Gasteiger partial charge is 0.379 e. The summed E-state index contributed by atoms with van der Waals surface area (Å²) in [4.78, 5) is 4.77.